The van der Waals surface area contributed by atoms with Gasteiger partial charge >= 0.3 is 0 Å². The lowest BCUT2D eigenvalue weighted by atomic mass is 10.1. The number of rotatable bonds is 4. The maximum absolute atomic E-state index is 13.1. The van der Waals surface area contributed by atoms with Crippen LogP contribution in [0.4, 0.5) is 0 Å². The predicted molar refractivity (Wildman–Crippen MR) is 100 cm³/mol. The number of hydrogen-bond donors (Lipinski definition) is 2. The van der Waals surface area contributed by atoms with E-state index >= 15 is 0 Å². The first-order valence-electron chi connectivity index (χ1n) is 8.84. The number of nitrogens with two attached hydrogens (primary N) is 1. The number of benzene rings is 1. The molecule has 1 atom stereocenters. The van der Waals surface area contributed by atoms with Gasteiger partial charge in [-0.3, -0.25) is 14.5 Å². The highest BCUT2D eigenvalue weighted by Crippen LogP contribution is 2.30. The zero-order chi connectivity index (χ0) is 19.0. The van der Waals surface area contributed by atoms with Gasteiger partial charge < -0.3 is 20.4 Å². The Bertz CT molecular complexity index is 843. The lowest BCUT2D eigenvalue weighted by molar-refractivity contribution is -0.126. The number of carbonyl (C=O) groups is 2. The van der Waals surface area contributed by atoms with Gasteiger partial charge in [-0.1, -0.05) is 12.1 Å². The summed E-state index contributed by atoms with van der Waals surface area (Å²) >= 11 is 0. The number of nitrogens with one attached hydrogen (secondary N) is 1. The van der Waals surface area contributed by atoms with Gasteiger partial charge in [0.25, 0.3) is 5.91 Å². The second-order valence-electron chi connectivity index (χ2n) is 7.01. The Morgan fingerprint density at radius 2 is 2.04 bits per heavy atom. The molecule has 3 rings (SSSR count). The molecule has 1 aliphatic heterocycles. The van der Waals surface area contributed by atoms with Gasteiger partial charge in [-0.2, -0.15) is 0 Å². The number of para-hydroxylation sites is 1. The van der Waals surface area contributed by atoms with Crippen molar-refractivity contribution in [2.24, 2.45) is 5.73 Å². The molecule has 0 aliphatic carbocycles. The average molecular weight is 358 g/mol. The fraction of sp³-hybridized carbons (Fsp3) is 0.474. The minimum Gasteiger partial charge on any atom is -0.495 e. The number of hydrogen-bond acceptors (Lipinski definition) is 4. The Hall–Kier alpha value is -2.54. The van der Waals surface area contributed by atoms with Gasteiger partial charge in [-0.05, 0) is 32.4 Å². The van der Waals surface area contributed by atoms with Crippen LogP contribution in [0.1, 0.15) is 29.9 Å². The molecule has 0 unspecified atom stereocenters. The number of methoxy groups -OCH3 is 1. The van der Waals surface area contributed by atoms with Crippen molar-refractivity contribution in [1.29, 1.82) is 0 Å². The molecule has 7 nitrogen and oxygen atoms in total. The lowest BCUT2D eigenvalue weighted by Gasteiger charge is -2.41. The van der Waals surface area contributed by atoms with E-state index in [2.05, 4.69) is 4.98 Å². The molecule has 26 heavy (non-hydrogen) atoms. The largest absolute Gasteiger partial charge is 0.495 e. The van der Waals surface area contributed by atoms with E-state index in [9.17, 15) is 9.59 Å². The van der Waals surface area contributed by atoms with Crippen LogP contribution in [0, 0.1) is 6.92 Å². The third kappa shape index (κ3) is 3.03. The van der Waals surface area contributed by atoms with Crippen LogP contribution in [0.25, 0.3) is 10.9 Å². The molecule has 0 spiro atoms. The van der Waals surface area contributed by atoms with E-state index in [1.165, 1.54) is 0 Å². The smallest absolute Gasteiger partial charge is 0.270 e. The van der Waals surface area contributed by atoms with Crippen LogP contribution in [0.2, 0.25) is 0 Å². The van der Waals surface area contributed by atoms with Crippen LogP contribution >= 0.6 is 0 Å². The third-order valence-electron chi connectivity index (χ3n) is 5.19. The minimum absolute atomic E-state index is 0.115. The van der Waals surface area contributed by atoms with Gasteiger partial charge in [0.15, 0.2) is 0 Å². The zero-order valence-corrected chi connectivity index (χ0v) is 15.7. The van der Waals surface area contributed by atoms with Gasteiger partial charge in [0.05, 0.1) is 12.6 Å². The van der Waals surface area contributed by atoms with E-state index in [0.717, 1.165) is 16.5 Å². The first-order chi connectivity index (χ1) is 12.3. The number of ether oxygens (including phenoxy) is 1. The molecule has 7 heteroatoms. The Kier molecular flexibility index (Phi) is 4.91. The van der Waals surface area contributed by atoms with Crippen LogP contribution in [0.3, 0.4) is 0 Å². The Balaban J connectivity index is 1.91. The van der Waals surface area contributed by atoms with Crippen LogP contribution in [0.5, 0.6) is 5.75 Å². The number of carbonyl (C=O) groups excluding carboxylic acids is 2. The maximum Gasteiger partial charge on any atom is 0.270 e. The number of nitrogens with zero attached hydrogens (tertiary/aromatic N) is 2. The van der Waals surface area contributed by atoms with Crippen LogP contribution in [-0.2, 0) is 4.79 Å². The van der Waals surface area contributed by atoms with Crippen molar-refractivity contribution >= 4 is 22.7 Å². The first kappa shape index (κ1) is 18.3. The SMILES string of the molecule is COc1cccc2c(C)c(C(=O)N3CCN(C(C)C)[C@H](C(N)=O)C3)[nH]c12. The van der Waals surface area contributed by atoms with E-state index in [-0.39, 0.29) is 11.9 Å². The van der Waals surface area contributed by atoms with Crippen LogP contribution < -0.4 is 10.5 Å². The highest BCUT2D eigenvalue weighted by molar-refractivity contribution is 6.02. The summed E-state index contributed by atoms with van der Waals surface area (Å²) in [7, 11) is 1.61. The summed E-state index contributed by atoms with van der Waals surface area (Å²) in [6.45, 7) is 7.47. The summed E-state index contributed by atoms with van der Waals surface area (Å²) < 4.78 is 5.39. The number of aromatic amines is 1. The first-order valence-corrected chi connectivity index (χ1v) is 8.84. The van der Waals surface area contributed by atoms with Crippen molar-refractivity contribution in [2.45, 2.75) is 32.9 Å². The zero-order valence-electron chi connectivity index (χ0n) is 15.7. The van der Waals surface area contributed by atoms with E-state index in [1.807, 2.05) is 43.9 Å². The monoisotopic (exact) mass is 358 g/mol. The summed E-state index contributed by atoms with van der Waals surface area (Å²) in [6.07, 6.45) is 0. The summed E-state index contributed by atoms with van der Waals surface area (Å²) in [5.74, 6) is 0.186. The molecule has 0 saturated carbocycles. The molecule has 0 bridgehead atoms. The molecule has 3 N–H and O–H groups in total. The minimum atomic E-state index is -0.466. The number of amides is 2. The molecule has 1 saturated heterocycles. The number of aromatic nitrogens is 1. The normalized spacial score (nSPS) is 18.5. The van der Waals surface area contributed by atoms with E-state index in [4.69, 9.17) is 10.5 Å². The number of primary amides is 1. The fourth-order valence-corrected chi connectivity index (χ4v) is 3.72. The molecule has 1 aromatic carbocycles. The maximum atomic E-state index is 13.1. The van der Waals surface area contributed by atoms with Crippen LogP contribution in [0.15, 0.2) is 18.2 Å². The van der Waals surface area contributed by atoms with Gasteiger partial charge in [0.2, 0.25) is 5.91 Å². The van der Waals surface area contributed by atoms with E-state index in [1.54, 1.807) is 12.0 Å². The Morgan fingerprint density at radius 1 is 1.31 bits per heavy atom. The molecule has 1 fully saturated rings. The average Bonchev–Trinajstić information content (AvgIpc) is 2.97. The number of fused-ring (bicyclic) bond motifs is 1. The van der Waals surface area contributed by atoms with Crippen molar-refractivity contribution in [3.8, 4) is 5.75 Å². The van der Waals surface area contributed by atoms with Gasteiger partial charge in [0.1, 0.15) is 17.5 Å². The highest BCUT2D eigenvalue weighted by atomic mass is 16.5. The Labute approximate surface area is 153 Å². The number of piperazine rings is 1. The molecular formula is C19H26N4O3. The number of aryl methyl sites for hydroxylation is 1. The molecular weight excluding hydrogens is 332 g/mol. The van der Waals surface area contributed by atoms with Gasteiger partial charge in [-0.15, -0.1) is 0 Å². The number of H-pyrrole nitrogens is 1. The topological polar surface area (TPSA) is 91.7 Å². The lowest BCUT2D eigenvalue weighted by Crippen LogP contribution is -2.61. The molecule has 1 aromatic heterocycles. The van der Waals surface area contributed by atoms with Crippen molar-refractivity contribution in [1.82, 2.24) is 14.8 Å². The van der Waals surface area contributed by atoms with Crippen molar-refractivity contribution in [3.05, 3.63) is 29.5 Å². The fourth-order valence-electron chi connectivity index (χ4n) is 3.72. The molecule has 2 amide bonds. The standard InChI is InChI=1S/C19H26N4O3/c1-11(2)23-9-8-22(10-14(23)18(20)24)19(25)16-12(3)13-6-5-7-15(26-4)17(13)21-16/h5-7,11,14,21H,8-10H2,1-4H3,(H2,20,24)/t14-/m0/s1. The van der Waals surface area contributed by atoms with Gasteiger partial charge in [0, 0.05) is 31.1 Å². The molecule has 140 valence electrons. The summed E-state index contributed by atoms with van der Waals surface area (Å²) in [6, 6.07) is 5.46. The molecule has 0 radical (unpaired) electrons. The van der Waals surface area contributed by atoms with E-state index in [0.29, 0.717) is 31.1 Å². The quantitative estimate of drug-likeness (QED) is 0.866. The molecule has 1 aliphatic rings. The second kappa shape index (κ2) is 6.99. The summed E-state index contributed by atoms with van der Waals surface area (Å²) in [4.78, 5) is 32.0. The summed E-state index contributed by atoms with van der Waals surface area (Å²) in [5, 5.41) is 0.958. The predicted octanol–water partition coefficient (Wildman–Crippen LogP) is 1.51. The van der Waals surface area contributed by atoms with Crippen LogP contribution in [-0.4, -0.2) is 65.4 Å². The van der Waals surface area contributed by atoms with Crippen molar-refractivity contribution in [2.75, 3.05) is 26.7 Å². The van der Waals surface area contributed by atoms with Crippen molar-refractivity contribution < 1.29 is 14.3 Å². The molecule has 2 heterocycles. The summed E-state index contributed by atoms with van der Waals surface area (Å²) in [5.41, 5.74) is 7.80. The Morgan fingerprint density at radius 3 is 2.65 bits per heavy atom. The third-order valence-corrected chi connectivity index (χ3v) is 5.19. The van der Waals surface area contributed by atoms with E-state index < -0.39 is 11.9 Å². The van der Waals surface area contributed by atoms with Crippen molar-refractivity contribution in [3.63, 3.8) is 0 Å². The second-order valence-corrected chi connectivity index (χ2v) is 7.01. The van der Waals surface area contributed by atoms with Gasteiger partial charge in [-0.25, -0.2) is 0 Å². The molecule has 2 aromatic rings. The highest BCUT2D eigenvalue weighted by Gasteiger charge is 2.35.